The van der Waals surface area contributed by atoms with Crippen molar-refractivity contribution in [2.24, 2.45) is 0 Å². The number of benzene rings is 1. The number of fused-ring (bicyclic) bond motifs is 1. The van der Waals surface area contributed by atoms with Gasteiger partial charge in [0, 0.05) is 19.2 Å². The summed E-state index contributed by atoms with van der Waals surface area (Å²) in [5.41, 5.74) is 2.92. The predicted octanol–water partition coefficient (Wildman–Crippen LogP) is 2.88. The van der Waals surface area contributed by atoms with Crippen LogP contribution in [0, 0.1) is 0 Å². The molecule has 0 aliphatic carbocycles. The highest BCUT2D eigenvalue weighted by Crippen LogP contribution is 2.20. The molecule has 6 nitrogen and oxygen atoms in total. The first-order valence-corrected chi connectivity index (χ1v) is 8.24. The number of rotatable bonds is 4. The van der Waals surface area contributed by atoms with Crippen LogP contribution in [0.3, 0.4) is 0 Å². The van der Waals surface area contributed by atoms with E-state index in [0.717, 1.165) is 12.2 Å². The summed E-state index contributed by atoms with van der Waals surface area (Å²) in [6.45, 7) is 1.83. The van der Waals surface area contributed by atoms with E-state index >= 15 is 0 Å². The Bertz CT molecular complexity index is 877. The van der Waals surface area contributed by atoms with E-state index in [-0.39, 0.29) is 5.91 Å². The lowest BCUT2D eigenvalue weighted by molar-refractivity contribution is 0.0728. The second-order valence-electron chi connectivity index (χ2n) is 5.97. The Balaban J connectivity index is 1.46. The van der Waals surface area contributed by atoms with Gasteiger partial charge >= 0.3 is 0 Å². The number of nitrogens with one attached hydrogen (secondary N) is 1. The van der Waals surface area contributed by atoms with Gasteiger partial charge in [0.15, 0.2) is 0 Å². The Hall–Kier alpha value is -3.15. The van der Waals surface area contributed by atoms with Crippen molar-refractivity contribution < 1.29 is 9.21 Å². The van der Waals surface area contributed by atoms with Crippen molar-refractivity contribution >= 4 is 11.7 Å². The number of nitrogens with zero attached hydrogens (tertiary/aromatic N) is 3. The van der Waals surface area contributed by atoms with Gasteiger partial charge in [-0.3, -0.25) is 4.79 Å². The van der Waals surface area contributed by atoms with Gasteiger partial charge < -0.3 is 14.6 Å². The van der Waals surface area contributed by atoms with E-state index in [4.69, 9.17) is 4.42 Å². The fraction of sp³-hybridized carbons (Fsp3) is 0.211. The van der Waals surface area contributed by atoms with Gasteiger partial charge in [0.25, 0.3) is 5.91 Å². The number of hydrogen-bond donors (Lipinski definition) is 1. The second kappa shape index (κ2) is 6.76. The molecule has 0 atom stereocenters. The maximum atomic E-state index is 12.8. The van der Waals surface area contributed by atoms with E-state index in [2.05, 4.69) is 27.4 Å². The van der Waals surface area contributed by atoms with E-state index in [1.165, 1.54) is 17.5 Å². The first kappa shape index (κ1) is 15.4. The molecule has 126 valence electrons. The average Bonchev–Trinajstić information content (AvgIpc) is 3.19. The first-order valence-electron chi connectivity index (χ1n) is 8.24. The number of aromatic nitrogens is 2. The molecule has 3 heterocycles. The molecule has 4 rings (SSSR count). The Labute approximate surface area is 145 Å². The molecule has 6 heteroatoms. The van der Waals surface area contributed by atoms with Crippen LogP contribution in [0.15, 0.2) is 59.5 Å². The van der Waals surface area contributed by atoms with Crippen molar-refractivity contribution in [1.29, 1.82) is 0 Å². The van der Waals surface area contributed by atoms with E-state index in [9.17, 15) is 4.79 Å². The highest BCUT2D eigenvalue weighted by molar-refractivity contribution is 5.93. The van der Waals surface area contributed by atoms with E-state index in [0.29, 0.717) is 31.1 Å². The third kappa shape index (κ3) is 3.38. The van der Waals surface area contributed by atoms with E-state index < -0.39 is 0 Å². The Morgan fingerprint density at radius 3 is 2.88 bits per heavy atom. The predicted molar refractivity (Wildman–Crippen MR) is 93.0 cm³/mol. The highest BCUT2D eigenvalue weighted by Gasteiger charge is 2.22. The number of amides is 1. The van der Waals surface area contributed by atoms with Crippen molar-refractivity contribution in [2.75, 3.05) is 11.9 Å². The maximum Gasteiger partial charge on any atom is 0.272 e. The number of anilines is 1. The van der Waals surface area contributed by atoms with Crippen molar-refractivity contribution in [2.45, 2.75) is 19.5 Å². The third-order valence-corrected chi connectivity index (χ3v) is 4.33. The topological polar surface area (TPSA) is 71.3 Å². The smallest absolute Gasteiger partial charge is 0.272 e. The van der Waals surface area contributed by atoms with Gasteiger partial charge in [-0.1, -0.05) is 24.3 Å². The van der Waals surface area contributed by atoms with Gasteiger partial charge in [-0.2, -0.15) is 0 Å². The van der Waals surface area contributed by atoms with E-state index in [1.54, 1.807) is 12.3 Å². The standard InChI is InChI=1S/C19H18N4O2/c24-19(23-8-7-14-4-1-2-5-15(14)12-23)17-10-18(22-13-21-17)20-11-16-6-3-9-25-16/h1-6,9-10,13H,7-8,11-12H2,(H,20,21,22). The van der Waals surface area contributed by atoms with Crippen LogP contribution >= 0.6 is 0 Å². The molecule has 0 radical (unpaired) electrons. The van der Waals surface area contributed by atoms with Crippen molar-refractivity contribution in [1.82, 2.24) is 14.9 Å². The van der Waals surface area contributed by atoms with Crippen molar-refractivity contribution in [3.8, 4) is 0 Å². The second-order valence-corrected chi connectivity index (χ2v) is 5.97. The number of carbonyl (C=O) groups excluding carboxylic acids is 1. The van der Waals surface area contributed by atoms with Crippen LogP contribution in [0.5, 0.6) is 0 Å². The molecule has 0 bridgehead atoms. The molecule has 0 fully saturated rings. The molecular weight excluding hydrogens is 316 g/mol. The number of furan rings is 1. The first-order chi connectivity index (χ1) is 12.3. The lowest BCUT2D eigenvalue weighted by Gasteiger charge is -2.28. The largest absolute Gasteiger partial charge is 0.467 e. The van der Waals surface area contributed by atoms with Crippen LogP contribution in [0.2, 0.25) is 0 Å². The maximum absolute atomic E-state index is 12.8. The molecule has 0 unspecified atom stereocenters. The highest BCUT2D eigenvalue weighted by atomic mass is 16.3. The molecule has 1 aliphatic heterocycles. The van der Waals surface area contributed by atoms with Crippen LogP contribution in [-0.2, 0) is 19.5 Å². The van der Waals surface area contributed by atoms with Gasteiger partial charge in [0.2, 0.25) is 0 Å². The summed E-state index contributed by atoms with van der Waals surface area (Å²) >= 11 is 0. The number of hydrogen-bond acceptors (Lipinski definition) is 5. The SMILES string of the molecule is O=C(c1cc(NCc2ccco2)ncn1)N1CCc2ccccc2C1. The summed E-state index contributed by atoms with van der Waals surface area (Å²) in [5, 5.41) is 3.15. The molecule has 0 saturated carbocycles. The van der Waals surface area contributed by atoms with Crippen LogP contribution in [0.4, 0.5) is 5.82 Å². The number of carbonyl (C=O) groups is 1. The monoisotopic (exact) mass is 334 g/mol. The normalized spacial score (nSPS) is 13.4. The summed E-state index contributed by atoms with van der Waals surface area (Å²) in [6.07, 6.45) is 3.91. The molecule has 3 aromatic rings. The molecule has 1 N–H and O–H groups in total. The molecule has 2 aromatic heterocycles. The van der Waals surface area contributed by atoms with Gasteiger partial charge in [-0.05, 0) is 29.7 Å². The zero-order chi connectivity index (χ0) is 17.1. The minimum Gasteiger partial charge on any atom is -0.467 e. The van der Waals surface area contributed by atoms with Crippen LogP contribution in [-0.4, -0.2) is 27.3 Å². The summed E-state index contributed by atoms with van der Waals surface area (Å²) < 4.78 is 5.28. The Morgan fingerprint density at radius 1 is 1.16 bits per heavy atom. The summed E-state index contributed by atoms with van der Waals surface area (Å²) in [6, 6.07) is 13.6. The van der Waals surface area contributed by atoms with Crippen LogP contribution in [0.1, 0.15) is 27.4 Å². The zero-order valence-corrected chi connectivity index (χ0v) is 13.7. The Morgan fingerprint density at radius 2 is 2.04 bits per heavy atom. The molecule has 1 aromatic carbocycles. The van der Waals surface area contributed by atoms with Crippen molar-refractivity contribution in [3.05, 3.63) is 77.6 Å². The fourth-order valence-corrected chi connectivity index (χ4v) is 2.99. The summed E-state index contributed by atoms with van der Waals surface area (Å²) in [4.78, 5) is 22.9. The third-order valence-electron chi connectivity index (χ3n) is 4.33. The van der Waals surface area contributed by atoms with Gasteiger partial charge in [0.1, 0.15) is 23.6 Å². The minimum absolute atomic E-state index is 0.0713. The molecule has 25 heavy (non-hydrogen) atoms. The van der Waals surface area contributed by atoms with Crippen LogP contribution < -0.4 is 5.32 Å². The average molecular weight is 334 g/mol. The summed E-state index contributed by atoms with van der Waals surface area (Å²) in [5.74, 6) is 1.34. The molecular formula is C19H18N4O2. The van der Waals surface area contributed by atoms with Crippen LogP contribution in [0.25, 0.3) is 0 Å². The lowest BCUT2D eigenvalue weighted by atomic mass is 10.00. The lowest BCUT2D eigenvalue weighted by Crippen LogP contribution is -2.36. The van der Waals surface area contributed by atoms with E-state index in [1.807, 2.05) is 29.2 Å². The van der Waals surface area contributed by atoms with Gasteiger partial charge in [-0.25, -0.2) is 9.97 Å². The summed E-state index contributed by atoms with van der Waals surface area (Å²) in [7, 11) is 0. The Kier molecular flexibility index (Phi) is 4.16. The molecule has 0 spiro atoms. The molecule has 1 amide bonds. The fourth-order valence-electron chi connectivity index (χ4n) is 2.99. The molecule has 0 saturated heterocycles. The van der Waals surface area contributed by atoms with Crippen molar-refractivity contribution in [3.63, 3.8) is 0 Å². The van der Waals surface area contributed by atoms with Gasteiger partial charge in [-0.15, -0.1) is 0 Å². The van der Waals surface area contributed by atoms with Gasteiger partial charge in [0.05, 0.1) is 12.8 Å². The minimum atomic E-state index is -0.0713. The molecule has 1 aliphatic rings. The quantitative estimate of drug-likeness (QED) is 0.794. The zero-order valence-electron chi connectivity index (χ0n) is 13.7.